The summed E-state index contributed by atoms with van der Waals surface area (Å²) >= 11 is 0. The fraction of sp³-hybridized carbons (Fsp3) is 0.800. The number of esters is 1. The van der Waals surface area contributed by atoms with Crippen molar-refractivity contribution in [3.05, 3.63) is 0 Å². The zero-order valence-corrected chi connectivity index (χ0v) is 9.54. The van der Waals surface area contributed by atoms with Gasteiger partial charge in [-0.1, -0.05) is 0 Å². The van der Waals surface area contributed by atoms with Gasteiger partial charge in [0.1, 0.15) is 5.78 Å². The molecule has 0 rings (SSSR count). The Morgan fingerprint density at radius 2 is 2.13 bits per heavy atom. The van der Waals surface area contributed by atoms with E-state index in [0.717, 1.165) is 13.0 Å². The molecule has 0 bridgehead atoms. The van der Waals surface area contributed by atoms with Gasteiger partial charge in [-0.15, -0.1) is 0 Å². The van der Waals surface area contributed by atoms with Crippen molar-refractivity contribution in [3.63, 3.8) is 0 Å². The molecule has 0 saturated carbocycles. The Kier molecular flexibility index (Phi) is 7.85. The smallest absolute Gasteiger partial charge is 0.305 e. The largest absolute Gasteiger partial charge is 0.465 e. The van der Waals surface area contributed by atoms with Crippen molar-refractivity contribution in [2.24, 2.45) is 0 Å². The van der Waals surface area contributed by atoms with Crippen molar-refractivity contribution < 1.29 is 20.1 Å². The van der Waals surface area contributed by atoms with E-state index in [-0.39, 0.29) is 24.2 Å². The molecule has 0 heterocycles. The number of quaternary nitrogens is 1. The predicted octanol–water partition coefficient (Wildman–Crippen LogP) is -0.881. The van der Waals surface area contributed by atoms with E-state index in [1.54, 1.807) is 7.05 Å². The average molecular weight is 217 g/mol. The molecule has 0 aliphatic heterocycles. The lowest BCUT2D eigenvalue weighted by Gasteiger charge is -2.11. The first-order valence-electron chi connectivity index (χ1n) is 5.24. The number of ketones is 1. The lowest BCUT2D eigenvalue weighted by Crippen LogP contribution is -2.50. The molecule has 0 saturated heterocycles. The third kappa shape index (κ3) is 7.04. The Morgan fingerprint density at radius 3 is 2.60 bits per heavy atom. The zero-order chi connectivity index (χ0) is 11.7. The maximum Gasteiger partial charge on any atom is 0.305 e. The first kappa shape index (κ1) is 14.1. The normalized spacial score (nSPS) is 12.2. The number of nitrogens with one attached hydrogen (secondary N) is 1. The van der Waals surface area contributed by atoms with Gasteiger partial charge in [-0.05, 0) is 20.4 Å². The maximum atomic E-state index is 11.2. The summed E-state index contributed by atoms with van der Waals surface area (Å²) in [7, 11) is 1.71. The van der Waals surface area contributed by atoms with Gasteiger partial charge in [0, 0.05) is 12.8 Å². The highest BCUT2D eigenvalue weighted by atomic mass is 16.5. The Labute approximate surface area is 90.4 Å². The van der Waals surface area contributed by atoms with Gasteiger partial charge in [0.05, 0.1) is 19.2 Å². The van der Waals surface area contributed by atoms with Crippen LogP contribution in [0.15, 0.2) is 0 Å². The molecule has 0 fully saturated rings. The molecule has 88 valence electrons. The molecule has 0 amide bonds. The second kappa shape index (κ2) is 8.38. The highest BCUT2D eigenvalue weighted by molar-refractivity contribution is 5.82. The SMILES string of the molecule is CN[C@@H](CCC(=O)OCCC[NH3+])C(C)=O. The van der Waals surface area contributed by atoms with Gasteiger partial charge < -0.3 is 15.8 Å². The van der Waals surface area contributed by atoms with Crippen molar-refractivity contribution in [2.75, 3.05) is 20.2 Å². The molecule has 0 unspecified atom stereocenters. The van der Waals surface area contributed by atoms with E-state index >= 15 is 0 Å². The number of rotatable bonds is 8. The van der Waals surface area contributed by atoms with Crippen LogP contribution >= 0.6 is 0 Å². The molecule has 0 aromatic rings. The Hall–Kier alpha value is -0.940. The summed E-state index contributed by atoms with van der Waals surface area (Å²) in [6, 6.07) is -0.245. The molecule has 15 heavy (non-hydrogen) atoms. The number of likely N-dealkylation sites (N-methyl/N-ethyl adjacent to an activating group) is 1. The van der Waals surface area contributed by atoms with Crippen LogP contribution in [-0.4, -0.2) is 38.0 Å². The summed E-state index contributed by atoms with van der Waals surface area (Å²) < 4.78 is 4.94. The van der Waals surface area contributed by atoms with Crippen LogP contribution in [0.4, 0.5) is 0 Å². The highest BCUT2D eigenvalue weighted by Crippen LogP contribution is 2.00. The van der Waals surface area contributed by atoms with E-state index in [1.807, 2.05) is 0 Å². The molecule has 5 nitrogen and oxygen atoms in total. The van der Waals surface area contributed by atoms with Crippen molar-refractivity contribution in [1.29, 1.82) is 0 Å². The molecular weight excluding hydrogens is 196 g/mol. The molecule has 0 radical (unpaired) electrons. The van der Waals surface area contributed by atoms with Gasteiger partial charge in [0.25, 0.3) is 0 Å². The molecular formula is C10H21N2O3+. The van der Waals surface area contributed by atoms with E-state index in [4.69, 9.17) is 4.74 Å². The van der Waals surface area contributed by atoms with E-state index in [1.165, 1.54) is 6.92 Å². The van der Waals surface area contributed by atoms with Crippen molar-refractivity contribution in [2.45, 2.75) is 32.2 Å². The van der Waals surface area contributed by atoms with Crippen molar-refractivity contribution >= 4 is 11.8 Å². The molecule has 4 N–H and O–H groups in total. The minimum atomic E-state index is -0.245. The predicted molar refractivity (Wildman–Crippen MR) is 56.1 cm³/mol. The minimum Gasteiger partial charge on any atom is -0.465 e. The Morgan fingerprint density at radius 1 is 1.47 bits per heavy atom. The molecule has 5 heteroatoms. The quantitative estimate of drug-likeness (QED) is 0.408. The van der Waals surface area contributed by atoms with Crippen LogP contribution in [0.3, 0.4) is 0 Å². The summed E-state index contributed by atoms with van der Waals surface area (Å²) in [5.74, 6) is -0.201. The second-order valence-corrected chi connectivity index (χ2v) is 3.42. The van der Waals surface area contributed by atoms with E-state index in [9.17, 15) is 9.59 Å². The highest BCUT2D eigenvalue weighted by Gasteiger charge is 2.13. The van der Waals surface area contributed by atoms with Crippen LogP contribution in [0.5, 0.6) is 0 Å². The zero-order valence-electron chi connectivity index (χ0n) is 9.54. The molecule has 0 spiro atoms. The molecule has 0 aromatic carbocycles. The summed E-state index contributed by atoms with van der Waals surface area (Å²) in [6.07, 6.45) is 1.56. The van der Waals surface area contributed by atoms with Crippen LogP contribution in [-0.2, 0) is 14.3 Å². The van der Waals surface area contributed by atoms with Crippen LogP contribution in [0.2, 0.25) is 0 Å². The average Bonchev–Trinajstić information content (AvgIpc) is 2.18. The first-order valence-corrected chi connectivity index (χ1v) is 5.24. The molecule has 0 aliphatic carbocycles. The first-order chi connectivity index (χ1) is 7.11. The van der Waals surface area contributed by atoms with Gasteiger partial charge in [-0.2, -0.15) is 0 Å². The number of carbonyl (C=O) groups is 2. The fourth-order valence-corrected chi connectivity index (χ4v) is 1.17. The van der Waals surface area contributed by atoms with Gasteiger partial charge in [0.2, 0.25) is 0 Å². The Bertz CT molecular complexity index is 207. The van der Waals surface area contributed by atoms with Crippen LogP contribution in [0, 0.1) is 0 Å². The maximum absolute atomic E-state index is 11.2. The van der Waals surface area contributed by atoms with Crippen molar-refractivity contribution in [1.82, 2.24) is 5.32 Å². The van der Waals surface area contributed by atoms with Crippen LogP contribution in [0.25, 0.3) is 0 Å². The van der Waals surface area contributed by atoms with Gasteiger partial charge in [-0.25, -0.2) is 0 Å². The molecule has 0 aromatic heterocycles. The number of Topliss-reactive ketones (excluding diaryl/α,β-unsaturated/α-hetero) is 1. The number of hydrogen-bond acceptors (Lipinski definition) is 4. The summed E-state index contributed by atoms with van der Waals surface area (Å²) in [6.45, 7) is 2.70. The topological polar surface area (TPSA) is 83.0 Å². The second-order valence-electron chi connectivity index (χ2n) is 3.42. The van der Waals surface area contributed by atoms with E-state index in [0.29, 0.717) is 13.0 Å². The fourth-order valence-electron chi connectivity index (χ4n) is 1.17. The van der Waals surface area contributed by atoms with Crippen LogP contribution < -0.4 is 11.1 Å². The third-order valence-corrected chi connectivity index (χ3v) is 2.13. The number of carbonyl (C=O) groups excluding carboxylic acids is 2. The van der Waals surface area contributed by atoms with E-state index in [2.05, 4.69) is 11.1 Å². The standard InChI is InChI=1S/C10H20N2O3/c1-8(13)9(12-2)4-5-10(14)15-7-3-6-11/h9,12H,3-7,11H2,1-2H3/p+1/t9-/m0/s1. The van der Waals surface area contributed by atoms with E-state index < -0.39 is 0 Å². The van der Waals surface area contributed by atoms with Gasteiger partial charge in [0.15, 0.2) is 0 Å². The summed E-state index contributed by atoms with van der Waals surface area (Å²) in [4.78, 5) is 22.2. The Balaban J connectivity index is 3.64. The summed E-state index contributed by atoms with van der Waals surface area (Å²) in [5.41, 5.74) is 3.65. The van der Waals surface area contributed by atoms with Crippen molar-refractivity contribution in [3.8, 4) is 0 Å². The number of hydrogen-bond donors (Lipinski definition) is 2. The minimum absolute atomic E-state index is 0.0445. The monoisotopic (exact) mass is 217 g/mol. The third-order valence-electron chi connectivity index (χ3n) is 2.13. The molecule has 0 aliphatic rings. The van der Waals surface area contributed by atoms with Gasteiger partial charge >= 0.3 is 5.97 Å². The van der Waals surface area contributed by atoms with Gasteiger partial charge in [-0.3, -0.25) is 9.59 Å². The lowest BCUT2D eigenvalue weighted by atomic mass is 10.1. The van der Waals surface area contributed by atoms with Crippen LogP contribution in [0.1, 0.15) is 26.2 Å². The lowest BCUT2D eigenvalue weighted by molar-refractivity contribution is -0.369. The summed E-state index contributed by atoms with van der Waals surface area (Å²) in [5, 5.41) is 2.86. The number of ether oxygens (including phenoxy) is 1. The molecule has 1 atom stereocenters.